The summed E-state index contributed by atoms with van der Waals surface area (Å²) in [6.07, 6.45) is 3.75. The van der Waals surface area contributed by atoms with Gasteiger partial charge in [0.05, 0.1) is 13.2 Å². The number of halogens is 2. The predicted molar refractivity (Wildman–Crippen MR) is 117 cm³/mol. The number of piperidine rings is 1. The first kappa shape index (κ1) is 22.5. The first-order valence-corrected chi connectivity index (χ1v) is 9.94. The van der Waals surface area contributed by atoms with Crippen LogP contribution < -0.4 is 15.4 Å². The summed E-state index contributed by atoms with van der Waals surface area (Å²) >= 11 is 6.45. The van der Waals surface area contributed by atoms with Gasteiger partial charge in [-0.25, -0.2) is 0 Å². The van der Waals surface area contributed by atoms with E-state index in [1.165, 1.54) is 0 Å². The van der Waals surface area contributed by atoms with Crippen LogP contribution in [-0.4, -0.2) is 26.1 Å². The quantitative estimate of drug-likeness (QED) is 0.676. The first-order valence-electron chi connectivity index (χ1n) is 9.56. The molecule has 1 aliphatic rings. The molecule has 3 rings (SSSR count). The van der Waals surface area contributed by atoms with Crippen molar-refractivity contribution in [1.29, 1.82) is 0 Å². The highest BCUT2D eigenvalue weighted by atomic mass is 35.5. The van der Waals surface area contributed by atoms with E-state index < -0.39 is 0 Å². The molecule has 0 saturated carbocycles. The van der Waals surface area contributed by atoms with E-state index in [9.17, 15) is 4.79 Å². The molecule has 0 aromatic heterocycles. The van der Waals surface area contributed by atoms with Crippen LogP contribution in [0, 0.1) is 5.92 Å². The smallest absolute Gasteiger partial charge is 0.220 e. The Balaban J connectivity index is 0.00000280. The molecule has 1 fully saturated rings. The van der Waals surface area contributed by atoms with Gasteiger partial charge in [0.2, 0.25) is 5.91 Å². The van der Waals surface area contributed by atoms with Crippen molar-refractivity contribution in [2.75, 3.05) is 20.2 Å². The Morgan fingerprint density at radius 3 is 2.46 bits per heavy atom. The van der Waals surface area contributed by atoms with Crippen molar-refractivity contribution in [3.63, 3.8) is 0 Å². The SMILES string of the molecule is COc1ccccc1C(NC(=O)CCC1CCNCC1)c1ccccc1Cl.Cl. The molecule has 2 aromatic carbocycles. The van der Waals surface area contributed by atoms with Gasteiger partial charge >= 0.3 is 0 Å². The fourth-order valence-corrected chi connectivity index (χ4v) is 3.92. The maximum atomic E-state index is 12.7. The van der Waals surface area contributed by atoms with E-state index in [2.05, 4.69) is 10.6 Å². The lowest BCUT2D eigenvalue weighted by molar-refractivity contribution is -0.121. The summed E-state index contributed by atoms with van der Waals surface area (Å²) in [6.45, 7) is 2.10. The van der Waals surface area contributed by atoms with Gasteiger partial charge < -0.3 is 15.4 Å². The van der Waals surface area contributed by atoms with E-state index in [4.69, 9.17) is 16.3 Å². The molecule has 1 atom stereocenters. The summed E-state index contributed by atoms with van der Waals surface area (Å²) in [4.78, 5) is 12.7. The molecule has 152 valence electrons. The number of para-hydroxylation sites is 1. The largest absolute Gasteiger partial charge is 0.496 e. The number of amides is 1. The summed E-state index contributed by atoms with van der Waals surface area (Å²) < 4.78 is 5.52. The van der Waals surface area contributed by atoms with Crippen LogP contribution >= 0.6 is 24.0 Å². The molecule has 0 spiro atoms. The van der Waals surface area contributed by atoms with Gasteiger partial charge in [-0.15, -0.1) is 12.4 Å². The fraction of sp³-hybridized carbons (Fsp3) is 0.409. The van der Waals surface area contributed by atoms with E-state index >= 15 is 0 Å². The van der Waals surface area contributed by atoms with Gasteiger partial charge in [0.1, 0.15) is 5.75 Å². The van der Waals surface area contributed by atoms with Gasteiger partial charge in [-0.05, 0) is 56.0 Å². The van der Waals surface area contributed by atoms with Gasteiger partial charge in [-0.1, -0.05) is 48.0 Å². The Hall–Kier alpha value is -1.75. The number of nitrogens with one attached hydrogen (secondary N) is 2. The molecule has 1 amide bonds. The first-order chi connectivity index (χ1) is 13.2. The predicted octanol–water partition coefficient (Wildman–Crippen LogP) is 4.76. The average Bonchev–Trinajstić information content (AvgIpc) is 2.72. The van der Waals surface area contributed by atoms with Gasteiger partial charge in [0.25, 0.3) is 0 Å². The number of carbonyl (C=O) groups excluding carboxylic acids is 1. The van der Waals surface area contributed by atoms with Crippen LogP contribution in [0.5, 0.6) is 5.75 Å². The molecular formula is C22H28Cl2N2O2. The molecule has 6 heteroatoms. The zero-order valence-corrected chi connectivity index (χ0v) is 17.7. The molecule has 1 unspecified atom stereocenters. The van der Waals surface area contributed by atoms with Crippen molar-refractivity contribution >= 4 is 29.9 Å². The Labute approximate surface area is 178 Å². The van der Waals surface area contributed by atoms with Crippen LogP contribution in [0.1, 0.15) is 42.9 Å². The molecule has 0 aliphatic carbocycles. The Kier molecular flexibility index (Phi) is 9.10. The summed E-state index contributed by atoms with van der Waals surface area (Å²) in [5.41, 5.74) is 1.78. The normalized spacial score (nSPS) is 15.4. The second-order valence-corrected chi connectivity index (χ2v) is 7.40. The maximum absolute atomic E-state index is 12.7. The molecule has 1 heterocycles. The number of ether oxygens (including phenoxy) is 1. The number of rotatable bonds is 7. The average molecular weight is 423 g/mol. The van der Waals surface area contributed by atoms with E-state index in [-0.39, 0.29) is 24.4 Å². The minimum atomic E-state index is -0.338. The monoisotopic (exact) mass is 422 g/mol. The molecule has 4 nitrogen and oxygen atoms in total. The van der Waals surface area contributed by atoms with E-state index in [1.54, 1.807) is 7.11 Å². The summed E-state index contributed by atoms with van der Waals surface area (Å²) in [5, 5.41) is 7.18. The number of hydrogen-bond acceptors (Lipinski definition) is 3. The Morgan fingerprint density at radius 1 is 1.14 bits per heavy atom. The lowest BCUT2D eigenvalue weighted by Crippen LogP contribution is -2.31. The number of carbonyl (C=O) groups is 1. The van der Waals surface area contributed by atoms with Crippen molar-refractivity contribution in [3.8, 4) is 5.75 Å². The van der Waals surface area contributed by atoms with Crippen molar-refractivity contribution in [1.82, 2.24) is 10.6 Å². The number of methoxy groups -OCH3 is 1. The summed E-state index contributed by atoms with van der Waals surface area (Å²) in [6, 6.07) is 15.0. The molecule has 28 heavy (non-hydrogen) atoms. The van der Waals surface area contributed by atoms with Crippen LogP contribution in [0.25, 0.3) is 0 Å². The number of benzene rings is 2. The number of hydrogen-bond donors (Lipinski definition) is 2. The fourth-order valence-electron chi connectivity index (χ4n) is 3.68. The third-order valence-corrected chi connectivity index (χ3v) is 5.55. The van der Waals surface area contributed by atoms with Crippen LogP contribution in [0.4, 0.5) is 0 Å². The minimum absolute atomic E-state index is 0. The lowest BCUT2D eigenvalue weighted by Gasteiger charge is -2.25. The van der Waals surface area contributed by atoms with Crippen molar-refractivity contribution in [3.05, 3.63) is 64.7 Å². The Bertz CT molecular complexity index is 764. The second kappa shape index (κ2) is 11.3. The zero-order chi connectivity index (χ0) is 19.1. The third-order valence-electron chi connectivity index (χ3n) is 5.21. The van der Waals surface area contributed by atoms with E-state index in [1.807, 2.05) is 48.5 Å². The van der Waals surface area contributed by atoms with Gasteiger partial charge in [0, 0.05) is 17.0 Å². The van der Waals surface area contributed by atoms with Gasteiger partial charge in [-0.2, -0.15) is 0 Å². The van der Waals surface area contributed by atoms with E-state index in [0.717, 1.165) is 49.2 Å². The molecule has 2 aromatic rings. The maximum Gasteiger partial charge on any atom is 0.220 e. The highest BCUT2D eigenvalue weighted by Crippen LogP contribution is 2.33. The van der Waals surface area contributed by atoms with Gasteiger partial charge in [-0.3, -0.25) is 4.79 Å². The standard InChI is InChI=1S/C22H27ClN2O2.ClH/c1-27-20-9-5-3-7-18(20)22(17-6-2-4-8-19(17)23)25-21(26)11-10-16-12-14-24-15-13-16;/h2-9,16,22,24H,10-15H2,1H3,(H,25,26);1H. The van der Waals surface area contributed by atoms with Crippen LogP contribution in [0.15, 0.2) is 48.5 Å². The molecule has 0 radical (unpaired) electrons. The second-order valence-electron chi connectivity index (χ2n) is 7.00. The van der Waals surface area contributed by atoms with E-state index in [0.29, 0.717) is 17.4 Å². The molecule has 1 aliphatic heterocycles. The minimum Gasteiger partial charge on any atom is -0.496 e. The molecule has 0 bridgehead atoms. The zero-order valence-electron chi connectivity index (χ0n) is 16.1. The van der Waals surface area contributed by atoms with Crippen LogP contribution in [0.2, 0.25) is 5.02 Å². The van der Waals surface area contributed by atoms with Crippen molar-refractivity contribution in [2.24, 2.45) is 5.92 Å². The third kappa shape index (κ3) is 5.87. The lowest BCUT2D eigenvalue weighted by atomic mass is 9.92. The molecule has 1 saturated heterocycles. The highest BCUT2D eigenvalue weighted by molar-refractivity contribution is 6.31. The molecule has 2 N–H and O–H groups in total. The van der Waals surface area contributed by atoms with Crippen LogP contribution in [-0.2, 0) is 4.79 Å². The summed E-state index contributed by atoms with van der Waals surface area (Å²) in [7, 11) is 1.64. The van der Waals surface area contributed by atoms with Crippen molar-refractivity contribution < 1.29 is 9.53 Å². The van der Waals surface area contributed by atoms with Gasteiger partial charge in [0.15, 0.2) is 0 Å². The topological polar surface area (TPSA) is 50.4 Å². The van der Waals surface area contributed by atoms with Crippen LogP contribution in [0.3, 0.4) is 0 Å². The van der Waals surface area contributed by atoms with Crippen molar-refractivity contribution in [2.45, 2.75) is 31.7 Å². The Morgan fingerprint density at radius 2 is 1.79 bits per heavy atom. The molecular weight excluding hydrogens is 395 g/mol. The highest BCUT2D eigenvalue weighted by Gasteiger charge is 2.23. The summed E-state index contributed by atoms with van der Waals surface area (Å²) in [5.74, 6) is 1.41.